The van der Waals surface area contributed by atoms with Gasteiger partial charge in [0.1, 0.15) is 0 Å². The highest BCUT2D eigenvalue weighted by molar-refractivity contribution is 6.54. The number of ketones is 1. The zero-order chi connectivity index (χ0) is 17.6. The predicted molar refractivity (Wildman–Crippen MR) is 95.2 cm³/mol. The number of para-hydroxylation sites is 1. The van der Waals surface area contributed by atoms with Crippen LogP contribution in [0.5, 0.6) is 0 Å². The van der Waals surface area contributed by atoms with Crippen LogP contribution in [-0.4, -0.2) is 21.8 Å². The molecule has 8 heteroatoms. The van der Waals surface area contributed by atoms with Gasteiger partial charge in [-0.2, -0.15) is 0 Å². The third kappa shape index (κ3) is 2.66. The Bertz CT molecular complexity index is 977. The molecule has 0 unspecified atom stereocenters. The van der Waals surface area contributed by atoms with Crippen LogP contribution in [0.1, 0.15) is 26.4 Å². The van der Waals surface area contributed by atoms with Gasteiger partial charge in [-0.3, -0.25) is 4.79 Å². The molecule has 2 aromatic carbocycles. The summed E-state index contributed by atoms with van der Waals surface area (Å²) < 4.78 is 0. The summed E-state index contributed by atoms with van der Waals surface area (Å²) in [6, 6.07) is 8.81. The predicted octanol–water partition coefficient (Wildman–Crippen LogP) is 5.71. The smallest absolute Gasteiger partial charge is 0.338 e. The van der Waals surface area contributed by atoms with Gasteiger partial charge in [0.25, 0.3) is 0 Å². The van der Waals surface area contributed by atoms with Crippen LogP contribution in [0.15, 0.2) is 30.3 Å². The normalized spacial score (nSPS) is 11.0. The number of aromatic amines is 1. The minimum absolute atomic E-state index is 0.162. The molecule has 0 saturated heterocycles. The van der Waals surface area contributed by atoms with E-state index in [1.807, 2.05) is 12.1 Å². The van der Waals surface area contributed by atoms with Crippen LogP contribution in [0.25, 0.3) is 10.9 Å². The SMILES string of the molecule is O=C(O)c1c(Cl)c(Cl)c(Cl)c(Cl)c1C(=O)c1cc2ccccc2[nH]1. The number of rotatable bonds is 3. The van der Waals surface area contributed by atoms with Crippen molar-refractivity contribution in [2.75, 3.05) is 0 Å². The average Bonchev–Trinajstić information content (AvgIpc) is 2.99. The van der Waals surface area contributed by atoms with E-state index in [9.17, 15) is 14.7 Å². The van der Waals surface area contributed by atoms with Crippen molar-refractivity contribution in [2.24, 2.45) is 0 Å². The zero-order valence-corrected chi connectivity index (χ0v) is 14.7. The highest BCUT2D eigenvalue weighted by atomic mass is 35.5. The molecule has 3 rings (SSSR count). The largest absolute Gasteiger partial charge is 0.478 e. The minimum atomic E-state index is -1.43. The van der Waals surface area contributed by atoms with Crippen molar-refractivity contribution in [3.63, 3.8) is 0 Å². The highest BCUT2D eigenvalue weighted by Crippen LogP contribution is 2.42. The molecule has 122 valence electrons. The molecule has 0 amide bonds. The first-order valence-corrected chi connectivity index (χ1v) is 8.05. The maximum absolute atomic E-state index is 12.8. The van der Waals surface area contributed by atoms with Gasteiger partial charge in [0.15, 0.2) is 0 Å². The summed E-state index contributed by atoms with van der Waals surface area (Å²) in [4.78, 5) is 27.3. The molecule has 4 nitrogen and oxygen atoms in total. The summed E-state index contributed by atoms with van der Waals surface area (Å²) >= 11 is 23.9. The number of halogens is 4. The van der Waals surface area contributed by atoms with Crippen molar-refractivity contribution in [1.82, 2.24) is 4.98 Å². The average molecular weight is 403 g/mol. The van der Waals surface area contributed by atoms with E-state index in [4.69, 9.17) is 46.4 Å². The fourth-order valence-corrected chi connectivity index (χ4v) is 3.40. The lowest BCUT2D eigenvalue weighted by atomic mass is 10.0. The van der Waals surface area contributed by atoms with Crippen LogP contribution in [0.4, 0.5) is 0 Å². The Morgan fingerprint density at radius 2 is 1.46 bits per heavy atom. The van der Waals surface area contributed by atoms with E-state index in [1.54, 1.807) is 18.2 Å². The minimum Gasteiger partial charge on any atom is -0.478 e. The van der Waals surface area contributed by atoms with Crippen molar-refractivity contribution in [1.29, 1.82) is 0 Å². The molecule has 0 aliphatic carbocycles. The summed E-state index contributed by atoms with van der Waals surface area (Å²) in [5, 5.41) is 9.23. The van der Waals surface area contributed by atoms with Crippen LogP contribution in [0.2, 0.25) is 20.1 Å². The molecule has 3 aromatic rings. The van der Waals surface area contributed by atoms with Crippen LogP contribution in [-0.2, 0) is 0 Å². The van der Waals surface area contributed by atoms with Gasteiger partial charge in [0.2, 0.25) is 5.78 Å². The summed E-state index contributed by atoms with van der Waals surface area (Å²) in [6.45, 7) is 0. The van der Waals surface area contributed by atoms with Crippen molar-refractivity contribution in [2.45, 2.75) is 0 Å². The van der Waals surface area contributed by atoms with Gasteiger partial charge in [-0.05, 0) is 12.1 Å². The first-order valence-electron chi connectivity index (χ1n) is 6.54. The van der Waals surface area contributed by atoms with Gasteiger partial charge in [0, 0.05) is 10.9 Å². The van der Waals surface area contributed by atoms with E-state index in [0.717, 1.165) is 10.9 Å². The van der Waals surface area contributed by atoms with E-state index in [2.05, 4.69) is 4.98 Å². The molecule has 24 heavy (non-hydrogen) atoms. The number of carboxylic acid groups (broad SMARTS) is 1. The van der Waals surface area contributed by atoms with E-state index < -0.39 is 17.3 Å². The van der Waals surface area contributed by atoms with Crippen molar-refractivity contribution >= 4 is 69.1 Å². The zero-order valence-electron chi connectivity index (χ0n) is 11.7. The quantitative estimate of drug-likeness (QED) is 0.334. The molecule has 0 atom stereocenters. The third-order valence-electron chi connectivity index (χ3n) is 3.48. The summed E-state index contributed by atoms with van der Waals surface area (Å²) in [5.41, 5.74) is 0.0879. The molecular weight excluding hydrogens is 396 g/mol. The van der Waals surface area contributed by atoms with Gasteiger partial charge in [-0.1, -0.05) is 64.6 Å². The van der Waals surface area contributed by atoms with Crippen molar-refractivity contribution < 1.29 is 14.7 Å². The molecular formula is C16H7Cl4NO3. The number of nitrogens with one attached hydrogen (secondary N) is 1. The second-order valence-corrected chi connectivity index (χ2v) is 6.42. The number of aromatic carboxylic acids is 1. The van der Waals surface area contributed by atoms with Crippen LogP contribution < -0.4 is 0 Å². The second-order valence-electron chi connectivity index (χ2n) is 4.91. The third-order valence-corrected chi connectivity index (χ3v) is 5.28. The Hall–Kier alpha value is -1.72. The van der Waals surface area contributed by atoms with Gasteiger partial charge >= 0.3 is 5.97 Å². The number of hydrogen-bond acceptors (Lipinski definition) is 2. The number of carboxylic acids is 1. The molecule has 0 radical (unpaired) electrons. The van der Waals surface area contributed by atoms with E-state index in [1.165, 1.54) is 0 Å². The number of hydrogen-bond donors (Lipinski definition) is 2. The highest BCUT2D eigenvalue weighted by Gasteiger charge is 2.29. The number of carbonyl (C=O) groups excluding carboxylic acids is 1. The maximum atomic E-state index is 12.8. The van der Waals surface area contributed by atoms with E-state index in [0.29, 0.717) is 0 Å². The van der Waals surface area contributed by atoms with Crippen LogP contribution >= 0.6 is 46.4 Å². The standard InChI is InChI=1S/C16H7Cl4NO3/c17-11-9(10(16(23)24)12(18)14(20)13(11)19)15(22)8-5-6-3-1-2-4-7(6)21-8/h1-5,21H,(H,23,24). The topological polar surface area (TPSA) is 70.2 Å². The molecule has 0 aliphatic heterocycles. The molecule has 2 N–H and O–H groups in total. The van der Waals surface area contributed by atoms with E-state index >= 15 is 0 Å². The summed E-state index contributed by atoms with van der Waals surface area (Å²) in [5.74, 6) is -2.08. The van der Waals surface area contributed by atoms with E-state index in [-0.39, 0.29) is 31.3 Å². The number of fused-ring (bicyclic) bond motifs is 1. The first kappa shape index (κ1) is 17.1. The molecule has 1 aromatic heterocycles. The van der Waals surface area contributed by atoms with Crippen molar-refractivity contribution in [3.8, 4) is 0 Å². The summed E-state index contributed by atoms with van der Waals surface area (Å²) in [6.07, 6.45) is 0. The molecule has 0 aliphatic rings. The lowest BCUT2D eigenvalue weighted by Gasteiger charge is -2.12. The molecule has 0 saturated carbocycles. The number of H-pyrrole nitrogens is 1. The number of aromatic nitrogens is 1. The lowest BCUT2D eigenvalue weighted by molar-refractivity contribution is 0.0693. The van der Waals surface area contributed by atoms with Crippen LogP contribution in [0, 0.1) is 0 Å². The monoisotopic (exact) mass is 401 g/mol. The maximum Gasteiger partial charge on any atom is 0.338 e. The molecule has 0 spiro atoms. The van der Waals surface area contributed by atoms with Gasteiger partial charge in [-0.25, -0.2) is 4.79 Å². The Morgan fingerprint density at radius 1 is 0.875 bits per heavy atom. The second kappa shape index (κ2) is 6.30. The lowest BCUT2D eigenvalue weighted by Crippen LogP contribution is -2.12. The Morgan fingerprint density at radius 3 is 2.04 bits per heavy atom. The Balaban J connectivity index is 2.28. The Kier molecular flexibility index (Phi) is 4.49. The van der Waals surface area contributed by atoms with Gasteiger partial charge in [0.05, 0.1) is 36.9 Å². The van der Waals surface area contributed by atoms with Crippen molar-refractivity contribution in [3.05, 3.63) is 67.2 Å². The fourth-order valence-electron chi connectivity index (χ4n) is 2.38. The fraction of sp³-hybridized carbons (Fsp3) is 0. The summed E-state index contributed by atoms with van der Waals surface area (Å²) in [7, 11) is 0. The Labute approximate surface area is 155 Å². The molecule has 0 fully saturated rings. The number of carbonyl (C=O) groups is 2. The first-order chi connectivity index (χ1) is 11.3. The van der Waals surface area contributed by atoms with Crippen LogP contribution in [0.3, 0.4) is 0 Å². The van der Waals surface area contributed by atoms with Gasteiger partial charge < -0.3 is 10.1 Å². The van der Waals surface area contributed by atoms with Gasteiger partial charge in [-0.15, -0.1) is 0 Å². The molecule has 1 heterocycles. The number of benzene rings is 2. The molecule has 0 bridgehead atoms.